The van der Waals surface area contributed by atoms with Crippen LogP contribution in [0.5, 0.6) is 0 Å². The van der Waals surface area contributed by atoms with Gasteiger partial charge < -0.3 is 4.57 Å². The van der Waals surface area contributed by atoms with Crippen LogP contribution in [0.1, 0.15) is 39.5 Å². The number of aryl methyl sites for hydroxylation is 2. The summed E-state index contributed by atoms with van der Waals surface area (Å²) in [4.78, 5) is 29.5. The molecule has 0 N–H and O–H groups in total. The molecule has 0 radical (unpaired) electrons. The van der Waals surface area contributed by atoms with Crippen molar-refractivity contribution in [3.05, 3.63) is 67.2 Å². The van der Waals surface area contributed by atoms with Crippen molar-refractivity contribution in [3.8, 4) is 0 Å². The first-order valence-electron chi connectivity index (χ1n) is 8.56. The van der Waals surface area contributed by atoms with Gasteiger partial charge in [-0.05, 0) is 62.2 Å². The summed E-state index contributed by atoms with van der Waals surface area (Å²) in [7, 11) is 0. The molecule has 0 fully saturated rings. The molecule has 0 saturated heterocycles. The molecule has 2 heterocycles. The minimum atomic E-state index is -0.123. The van der Waals surface area contributed by atoms with Gasteiger partial charge >= 0.3 is 0 Å². The van der Waals surface area contributed by atoms with Gasteiger partial charge in [0, 0.05) is 12.1 Å². The van der Waals surface area contributed by atoms with Crippen LogP contribution in [0, 0.1) is 24.7 Å². The monoisotopic (exact) mass is 399 g/mol. The molecule has 0 spiro atoms. The number of allylic oxidation sites excluding steroid dienone is 1. The average molecular weight is 400 g/mol. The second-order valence-electron chi connectivity index (χ2n) is 6.64. The minimum Gasteiger partial charge on any atom is -0.304 e. The van der Waals surface area contributed by atoms with Crippen molar-refractivity contribution in [2.75, 3.05) is 0 Å². The van der Waals surface area contributed by atoms with Gasteiger partial charge in [-0.2, -0.15) is 0 Å². The van der Waals surface area contributed by atoms with E-state index in [9.17, 15) is 9.59 Å². The first-order valence-corrected chi connectivity index (χ1v) is 9.79. The van der Waals surface area contributed by atoms with Crippen LogP contribution < -0.4 is 5.56 Å². The summed E-state index contributed by atoms with van der Waals surface area (Å²) in [5.41, 5.74) is 5.11. The summed E-state index contributed by atoms with van der Waals surface area (Å²) in [6, 6.07) is 2.00. The third kappa shape index (κ3) is 3.33. The summed E-state index contributed by atoms with van der Waals surface area (Å²) in [5, 5.41) is 0. The highest BCUT2D eigenvalue weighted by Gasteiger charge is 2.17. The fourth-order valence-electron chi connectivity index (χ4n) is 3.56. The van der Waals surface area contributed by atoms with Crippen LogP contribution in [-0.2, 0) is 13.1 Å². The molecule has 0 aliphatic rings. The van der Waals surface area contributed by atoms with Gasteiger partial charge in [0.2, 0.25) is 0 Å². The lowest BCUT2D eigenvalue weighted by atomic mass is 9.91. The highest BCUT2D eigenvalue weighted by molar-refractivity contribution is 7.73. The zero-order valence-corrected chi connectivity index (χ0v) is 17.5. The van der Waals surface area contributed by atoms with Crippen LogP contribution in [0.2, 0.25) is 0 Å². The number of hydrogen-bond acceptors (Lipinski definition) is 5. The molecule has 0 unspecified atom stereocenters. The van der Waals surface area contributed by atoms with Crippen LogP contribution in [0.4, 0.5) is 0 Å². The van der Waals surface area contributed by atoms with Gasteiger partial charge in [-0.25, -0.2) is 4.98 Å². The topological polar surface area (TPSA) is 56.9 Å². The van der Waals surface area contributed by atoms with E-state index >= 15 is 0 Å². The van der Waals surface area contributed by atoms with E-state index in [4.69, 9.17) is 12.2 Å². The lowest BCUT2D eigenvalue weighted by molar-refractivity contribution is 0.101. The summed E-state index contributed by atoms with van der Waals surface area (Å²) >= 11 is 6.63. The third-order valence-corrected chi connectivity index (χ3v) is 6.19. The van der Waals surface area contributed by atoms with Crippen LogP contribution in [0.15, 0.2) is 29.8 Å². The number of aromatic nitrogens is 3. The molecule has 0 atom stereocenters. The van der Waals surface area contributed by atoms with Gasteiger partial charge in [0.05, 0.1) is 6.54 Å². The van der Waals surface area contributed by atoms with Gasteiger partial charge in [-0.15, -0.1) is 6.58 Å². The summed E-state index contributed by atoms with van der Waals surface area (Å²) in [6.45, 7) is 12.1. The van der Waals surface area contributed by atoms with E-state index in [1.54, 1.807) is 23.9 Å². The Morgan fingerprint density at radius 3 is 2.67 bits per heavy atom. The Bertz CT molecular complexity index is 1200. The molecule has 3 aromatic rings. The Balaban J connectivity index is 2.16. The number of nitrogens with zero attached hydrogens (tertiary/aromatic N) is 3. The van der Waals surface area contributed by atoms with E-state index in [1.165, 1.54) is 11.3 Å². The van der Waals surface area contributed by atoms with Crippen LogP contribution in [0.25, 0.3) is 10.3 Å². The van der Waals surface area contributed by atoms with Gasteiger partial charge in [0.25, 0.3) is 5.56 Å². The Morgan fingerprint density at radius 2 is 2.04 bits per heavy atom. The number of Topliss-reactive ketones (excluding diaryl/α,β-unsaturated/α-hetero) is 1. The first kappa shape index (κ1) is 19.4. The predicted octanol–water partition coefficient (Wildman–Crippen LogP) is 4.35. The van der Waals surface area contributed by atoms with Crippen molar-refractivity contribution in [2.45, 2.75) is 40.8 Å². The van der Waals surface area contributed by atoms with Crippen molar-refractivity contribution in [1.29, 1.82) is 0 Å². The minimum absolute atomic E-state index is 0.0339. The fourth-order valence-corrected chi connectivity index (χ4v) is 4.87. The maximum atomic E-state index is 13.0. The van der Waals surface area contributed by atoms with E-state index in [0.717, 1.165) is 27.8 Å². The SMILES string of the molecule is C=CCn1c(=S)sc2c(=O)n(Cc3c(C)cc(C)c(C(C)=O)c3C)cnc21. The Morgan fingerprint density at radius 1 is 1.33 bits per heavy atom. The molecule has 7 heteroatoms. The number of hydrogen-bond donors (Lipinski definition) is 0. The number of rotatable bonds is 5. The summed E-state index contributed by atoms with van der Waals surface area (Å²) < 4.78 is 4.54. The Hall–Kier alpha value is -2.38. The summed E-state index contributed by atoms with van der Waals surface area (Å²) in [5.74, 6) is 0.0339. The molecule has 2 aromatic heterocycles. The number of benzene rings is 1. The maximum absolute atomic E-state index is 13.0. The molecular formula is C20H21N3O2S2. The van der Waals surface area contributed by atoms with Crippen molar-refractivity contribution in [3.63, 3.8) is 0 Å². The Kier molecular flexibility index (Phi) is 5.26. The second-order valence-corrected chi connectivity index (χ2v) is 8.29. The second kappa shape index (κ2) is 7.32. The number of ketones is 1. The molecule has 1 aromatic carbocycles. The van der Waals surface area contributed by atoms with Gasteiger partial charge in [-0.3, -0.25) is 14.2 Å². The lowest BCUT2D eigenvalue weighted by Crippen LogP contribution is -2.22. The highest BCUT2D eigenvalue weighted by atomic mass is 32.1. The smallest absolute Gasteiger partial charge is 0.273 e. The Labute approximate surface area is 166 Å². The molecule has 0 amide bonds. The molecule has 5 nitrogen and oxygen atoms in total. The third-order valence-electron chi connectivity index (χ3n) is 4.77. The molecule has 0 bridgehead atoms. The van der Waals surface area contributed by atoms with Crippen molar-refractivity contribution in [2.24, 2.45) is 0 Å². The quantitative estimate of drug-likeness (QED) is 0.364. The van der Waals surface area contributed by atoms with Crippen molar-refractivity contribution < 1.29 is 4.79 Å². The zero-order valence-electron chi connectivity index (χ0n) is 15.8. The number of carbonyl (C=O) groups is 1. The van der Waals surface area contributed by atoms with Crippen LogP contribution >= 0.6 is 23.6 Å². The van der Waals surface area contributed by atoms with Gasteiger partial charge in [0.1, 0.15) is 11.0 Å². The van der Waals surface area contributed by atoms with Crippen molar-refractivity contribution in [1.82, 2.24) is 14.1 Å². The highest BCUT2D eigenvalue weighted by Crippen LogP contribution is 2.24. The van der Waals surface area contributed by atoms with E-state index in [1.807, 2.05) is 31.4 Å². The fraction of sp³-hybridized carbons (Fsp3) is 0.300. The molecular weight excluding hydrogens is 378 g/mol. The normalized spacial score (nSPS) is 11.1. The molecule has 0 saturated carbocycles. The summed E-state index contributed by atoms with van der Waals surface area (Å²) in [6.07, 6.45) is 3.29. The van der Waals surface area contributed by atoms with E-state index in [-0.39, 0.29) is 11.3 Å². The predicted molar refractivity (Wildman–Crippen MR) is 113 cm³/mol. The standard InChI is InChI=1S/C20H21N3O2S2/c1-6-7-23-18-17(27-20(23)26)19(25)22(10-21-18)9-15-11(2)8-12(3)16(13(15)4)14(5)24/h6,8,10H,1,7,9H2,2-5H3. The van der Waals surface area contributed by atoms with E-state index in [0.29, 0.717) is 27.4 Å². The molecule has 140 valence electrons. The average Bonchev–Trinajstić information content (AvgIpc) is 2.90. The molecule has 27 heavy (non-hydrogen) atoms. The number of carbonyl (C=O) groups excluding carboxylic acids is 1. The lowest BCUT2D eigenvalue weighted by Gasteiger charge is -2.16. The van der Waals surface area contributed by atoms with Crippen molar-refractivity contribution >= 4 is 39.7 Å². The zero-order chi connectivity index (χ0) is 19.9. The van der Waals surface area contributed by atoms with Gasteiger partial charge in [0.15, 0.2) is 15.4 Å². The van der Waals surface area contributed by atoms with E-state index in [2.05, 4.69) is 11.6 Å². The van der Waals surface area contributed by atoms with Crippen LogP contribution in [-0.4, -0.2) is 19.9 Å². The molecule has 0 aliphatic carbocycles. The van der Waals surface area contributed by atoms with E-state index < -0.39 is 0 Å². The number of fused-ring (bicyclic) bond motifs is 1. The largest absolute Gasteiger partial charge is 0.304 e. The molecule has 0 aliphatic heterocycles. The molecule has 3 rings (SSSR count). The number of thiazole rings is 1. The maximum Gasteiger partial charge on any atom is 0.273 e. The van der Waals surface area contributed by atoms with Gasteiger partial charge in [-0.1, -0.05) is 23.5 Å². The first-order chi connectivity index (χ1) is 12.8. The van der Waals surface area contributed by atoms with Crippen LogP contribution in [0.3, 0.4) is 0 Å².